The quantitative estimate of drug-likeness (QED) is 0.777. The van der Waals surface area contributed by atoms with Gasteiger partial charge in [-0.2, -0.15) is 0 Å². The van der Waals surface area contributed by atoms with Crippen molar-refractivity contribution < 1.29 is 14.7 Å². The maximum Gasteiger partial charge on any atom is 0.329 e. The van der Waals surface area contributed by atoms with Gasteiger partial charge in [0.2, 0.25) is 0 Å². The van der Waals surface area contributed by atoms with Crippen LogP contribution in [-0.4, -0.2) is 22.6 Å². The molecule has 0 heterocycles. The van der Waals surface area contributed by atoms with Gasteiger partial charge in [-0.1, -0.05) is 47.3 Å². The molecule has 1 saturated carbocycles. The van der Waals surface area contributed by atoms with Crippen LogP contribution in [0.3, 0.4) is 0 Å². The van der Waals surface area contributed by atoms with Crippen molar-refractivity contribution >= 4 is 27.9 Å². The van der Waals surface area contributed by atoms with Crippen LogP contribution in [-0.2, 0) is 11.3 Å². The zero-order valence-corrected chi connectivity index (χ0v) is 13.3. The Kier molecular flexibility index (Phi) is 5.22. The van der Waals surface area contributed by atoms with Crippen LogP contribution < -0.4 is 10.6 Å². The van der Waals surface area contributed by atoms with Crippen LogP contribution >= 0.6 is 15.9 Å². The van der Waals surface area contributed by atoms with Gasteiger partial charge < -0.3 is 15.7 Å². The number of hydrogen-bond donors (Lipinski definition) is 3. The second-order valence-corrected chi connectivity index (χ2v) is 6.30. The highest BCUT2D eigenvalue weighted by Gasteiger charge is 2.40. The molecule has 6 heteroatoms. The number of aliphatic carboxylic acids is 1. The van der Waals surface area contributed by atoms with Gasteiger partial charge >= 0.3 is 12.0 Å². The Balaban J connectivity index is 1.90. The van der Waals surface area contributed by atoms with E-state index in [-0.39, 0.29) is 0 Å². The number of carboxylic acids is 1. The Labute approximate surface area is 132 Å². The van der Waals surface area contributed by atoms with Crippen molar-refractivity contribution in [3.05, 3.63) is 34.3 Å². The number of carboxylic acid groups (broad SMARTS) is 1. The van der Waals surface area contributed by atoms with Gasteiger partial charge in [0, 0.05) is 11.0 Å². The molecule has 0 aliphatic heterocycles. The second-order valence-electron chi connectivity index (χ2n) is 5.38. The molecule has 21 heavy (non-hydrogen) atoms. The predicted octanol–water partition coefficient (Wildman–Crippen LogP) is 3.04. The first-order chi connectivity index (χ1) is 10.0. The Morgan fingerprint density at radius 1 is 1.14 bits per heavy atom. The average Bonchev–Trinajstić information content (AvgIpc) is 2.47. The first-order valence-electron chi connectivity index (χ1n) is 7.06. The van der Waals surface area contributed by atoms with Crippen molar-refractivity contribution in [2.75, 3.05) is 0 Å². The Hall–Kier alpha value is -1.56. The Bertz CT molecular complexity index is 510. The van der Waals surface area contributed by atoms with Crippen LogP contribution in [0.5, 0.6) is 0 Å². The smallest absolute Gasteiger partial charge is 0.329 e. The number of nitrogens with one attached hydrogen (secondary N) is 2. The second kappa shape index (κ2) is 6.93. The molecule has 0 spiro atoms. The van der Waals surface area contributed by atoms with Gasteiger partial charge in [0.1, 0.15) is 5.54 Å². The number of amides is 2. The van der Waals surface area contributed by atoms with Gasteiger partial charge in [0.25, 0.3) is 0 Å². The number of rotatable bonds is 4. The lowest BCUT2D eigenvalue weighted by atomic mass is 9.82. The number of carbonyl (C=O) groups is 2. The van der Waals surface area contributed by atoms with Crippen LogP contribution in [0.4, 0.5) is 4.79 Å². The third kappa shape index (κ3) is 4.20. The summed E-state index contributed by atoms with van der Waals surface area (Å²) >= 11 is 3.35. The van der Waals surface area contributed by atoms with E-state index in [0.29, 0.717) is 19.4 Å². The number of urea groups is 1. The van der Waals surface area contributed by atoms with E-state index < -0.39 is 17.5 Å². The van der Waals surface area contributed by atoms with Crippen molar-refractivity contribution in [2.45, 2.75) is 44.2 Å². The Morgan fingerprint density at radius 2 is 1.76 bits per heavy atom. The number of hydrogen-bond acceptors (Lipinski definition) is 2. The summed E-state index contributed by atoms with van der Waals surface area (Å²) in [7, 11) is 0. The van der Waals surface area contributed by atoms with E-state index in [0.717, 1.165) is 29.3 Å². The first-order valence-corrected chi connectivity index (χ1v) is 7.85. The van der Waals surface area contributed by atoms with E-state index in [9.17, 15) is 14.7 Å². The summed E-state index contributed by atoms with van der Waals surface area (Å²) in [6, 6.07) is 7.17. The average molecular weight is 355 g/mol. The van der Waals surface area contributed by atoms with Crippen LogP contribution in [0.2, 0.25) is 0 Å². The molecule has 2 rings (SSSR count). The molecule has 0 bridgehead atoms. The van der Waals surface area contributed by atoms with Crippen LogP contribution in [0.15, 0.2) is 28.7 Å². The van der Waals surface area contributed by atoms with Gasteiger partial charge in [-0.25, -0.2) is 9.59 Å². The fraction of sp³-hybridized carbons (Fsp3) is 0.467. The molecule has 5 nitrogen and oxygen atoms in total. The molecule has 1 fully saturated rings. The normalized spacial score (nSPS) is 17.0. The SMILES string of the molecule is O=C(NCc1ccc(Br)cc1)NC1(C(=O)O)CCCCC1. The highest BCUT2D eigenvalue weighted by atomic mass is 79.9. The van der Waals surface area contributed by atoms with E-state index in [2.05, 4.69) is 26.6 Å². The molecule has 1 aromatic rings. The summed E-state index contributed by atoms with van der Waals surface area (Å²) in [4.78, 5) is 23.4. The number of benzene rings is 1. The summed E-state index contributed by atoms with van der Waals surface area (Å²) in [6.45, 7) is 0.370. The molecule has 0 unspecified atom stereocenters. The lowest BCUT2D eigenvalue weighted by Gasteiger charge is -2.33. The maximum atomic E-state index is 12.0. The predicted molar refractivity (Wildman–Crippen MR) is 83.0 cm³/mol. The molecule has 0 radical (unpaired) electrons. The minimum Gasteiger partial charge on any atom is -0.480 e. The van der Waals surface area contributed by atoms with E-state index in [1.807, 2.05) is 24.3 Å². The topological polar surface area (TPSA) is 78.4 Å². The third-order valence-corrected chi connectivity index (χ3v) is 4.36. The molecule has 0 aromatic heterocycles. The van der Waals surface area contributed by atoms with Crippen LogP contribution in [0, 0.1) is 0 Å². The summed E-state index contributed by atoms with van der Waals surface area (Å²) in [5, 5.41) is 14.8. The molecule has 0 atom stereocenters. The summed E-state index contributed by atoms with van der Waals surface area (Å²) in [5.74, 6) is -0.944. The fourth-order valence-electron chi connectivity index (χ4n) is 2.59. The monoisotopic (exact) mass is 354 g/mol. The van der Waals surface area contributed by atoms with Gasteiger partial charge in [0.15, 0.2) is 0 Å². The maximum absolute atomic E-state index is 12.0. The van der Waals surface area contributed by atoms with Crippen molar-refractivity contribution in [3.8, 4) is 0 Å². The number of carbonyl (C=O) groups excluding carboxylic acids is 1. The lowest BCUT2D eigenvalue weighted by Crippen LogP contribution is -2.57. The van der Waals surface area contributed by atoms with Crippen molar-refractivity contribution in [2.24, 2.45) is 0 Å². The largest absolute Gasteiger partial charge is 0.480 e. The molecular weight excluding hydrogens is 336 g/mol. The molecule has 0 saturated heterocycles. The first kappa shape index (κ1) is 15.8. The van der Waals surface area contributed by atoms with E-state index in [1.165, 1.54) is 0 Å². The van der Waals surface area contributed by atoms with Crippen molar-refractivity contribution in [3.63, 3.8) is 0 Å². The van der Waals surface area contributed by atoms with Crippen LogP contribution in [0.25, 0.3) is 0 Å². The highest BCUT2D eigenvalue weighted by molar-refractivity contribution is 9.10. The number of halogens is 1. The molecule has 1 aliphatic rings. The molecule has 3 N–H and O–H groups in total. The minimum absolute atomic E-state index is 0.370. The highest BCUT2D eigenvalue weighted by Crippen LogP contribution is 2.28. The molecule has 114 valence electrons. The molecule has 1 aromatic carbocycles. The van der Waals surface area contributed by atoms with Gasteiger partial charge in [-0.05, 0) is 30.5 Å². The standard InChI is InChI=1S/C15H19BrN2O3/c16-12-6-4-11(5-7-12)10-17-14(21)18-15(13(19)20)8-2-1-3-9-15/h4-7H,1-3,8-10H2,(H,19,20)(H2,17,18,21). The van der Waals surface area contributed by atoms with Gasteiger partial charge in [-0.3, -0.25) is 0 Å². The zero-order valence-electron chi connectivity index (χ0n) is 11.7. The van der Waals surface area contributed by atoms with Gasteiger partial charge in [-0.15, -0.1) is 0 Å². The molecular formula is C15H19BrN2O3. The van der Waals surface area contributed by atoms with Crippen molar-refractivity contribution in [1.29, 1.82) is 0 Å². The fourth-order valence-corrected chi connectivity index (χ4v) is 2.86. The minimum atomic E-state index is -1.11. The Morgan fingerprint density at radius 3 is 2.33 bits per heavy atom. The van der Waals surface area contributed by atoms with E-state index in [4.69, 9.17) is 0 Å². The van der Waals surface area contributed by atoms with Crippen LogP contribution in [0.1, 0.15) is 37.7 Å². The van der Waals surface area contributed by atoms with E-state index >= 15 is 0 Å². The van der Waals surface area contributed by atoms with Gasteiger partial charge in [0.05, 0.1) is 0 Å². The summed E-state index contributed by atoms with van der Waals surface area (Å²) < 4.78 is 0.975. The molecule has 2 amide bonds. The van der Waals surface area contributed by atoms with Crippen molar-refractivity contribution in [1.82, 2.24) is 10.6 Å². The summed E-state index contributed by atoms with van der Waals surface area (Å²) in [6.07, 6.45) is 3.68. The lowest BCUT2D eigenvalue weighted by molar-refractivity contribution is -0.145. The third-order valence-electron chi connectivity index (χ3n) is 3.84. The van der Waals surface area contributed by atoms with E-state index in [1.54, 1.807) is 0 Å². The summed E-state index contributed by atoms with van der Waals surface area (Å²) in [5.41, 5.74) is -0.149. The molecule has 1 aliphatic carbocycles. The zero-order chi connectivity index (χ0) is 15.3.